The van der Waals surface area contributed by atoms with Crippen LogP contribution < -0.4 is 0 Å². The number of carbonyl (C=O) groups excluding carboxylic acids is 1. The lowest BCUT2D eigenvalue weighted by molar-refractivity contribution is -0.134. The van der Waals surface area contributed by atoms with Crippen LogP contribution in [-0.2, 0) is 11.2 Å². The molecule has 3 rings (SSSR count). The average molecular weight is 243 g/mol. The van der Waals surface area contributed by atoms with Crippen LogP contribution in [0.2, 0.25) is 0 Å². The summed E-state index contributed by atoms with van der Waals surface area (Å²) in [6, 6.07) is 10.4. The van der Waals surface area contributed by atoms with Gasteiger partial charge in [0, 0.05) is 19.5 Å². The van der Waals surface area contributed by atoms with Gasteiger partial charge < -0.3 is 4.90 Å². The fraction of sp³-hybridized carbons (Fsp3) is 0.562. The molecule has 0 radical (unpaired) electrons. The van der Waals surface area contributed by atoms with E-state index in [1.807, 2.05) is 18.0 Å². The summed E-state index contributed by atoms with van der Waals surface area (Å²) < 4.78 is 0. The van der Waals surface area contributed by atoms with E-state index in [9.17, 15) is 4.79 Å². The van der Waals surface area contributed by atoms with E-state index in [2.05, 4.69) is 24.3 Å². The van der Waals surface area contributed by atoms with Crippen molar-refractivity contribution in [2.75, 3.05) is 13.6 Å². The monoisotopic (exact) mass is 243 g/mol. The standard InChI is InChI=1S/C16H21NO/c1-17(8-7-12-5-3-2-4-6-12)16(18)15-10-13-9-14(13)11-15/h2-6,13-15H,7-11H2,1H3. The second-order valence-corrected chi connectivity index (χ2v) is 5.92. The van der Waals surface area contributed by atoms with Gasteiger partial charge in [0.15, 0.2) is 0 Å². The molecule has 2 nitrogen and oxygen atoms in total. The van der Waals surface area contributed by atoms with E-state index in [1.54, 1.807) is 0 Å². The molecular weight excluding hydrogens is 222 g/mol. The maximum absolute atomic E-state index is 12.3. The highest BCUT2D eigenvalue weighted by molar-refractivity contribution is 5.79. The first kappa shape index (κ1) is 11.8. The van der Waals surface area contributed by atoms with E-state index < -0.39 is 0 Å². The van der Waals surface area contributed by atoms with E-state index in [4.69, 9.17) is 0 Å². The third-order valence-corrected chi connectivity index (χ3v) is 4.55. The van der Waals surface area contributed by atoms with Gasteiger partial charge in [0.2, 0.25) is 5.91 Å². The highest BCUT2D eigenvalue weighted by Crippen LogP contribution is 2.54. The van der Waals surface area contributed by atoms with E-state index in [-0.39, 0.29) is 0 Å². The first-order chi connectivity index (χ1) is 8.74. The molecule has 2 aliphatic carbocycles. The predicted octanol–water partition coefficient (Wildman–Crippen LogP) is 2.73. The van der Waals surface area contributed by atoms with Gasteiger partial charge in [-0.25, -0.2) is 0 Å². The van der Waals surface area contributed by atoms with E-state index in [0.29, 0.717) is 11.8 Å². The second-order valence-electron chi connectivity index (χ2n) is 5.92. The van der Waals surface area contributed by atoms with Crippen molar-refractivity contribution in [3.05, 3.63) is 35.9 Å². The van der Waals surface area contributed by atoms with Crippen LogP contribution in [0.5, 0.6) is 0 Å². The number of rotatable bonds is 4. The minimum atomic E-state index is 0.328. The van der Waals surface area contributed by atoms with Gasteiger partial charge in [0.25, 0.3) is 0 Å². The van der Waals surface area contributed by atoms with Gasteiger partial charge in [0.1, 0.15) is 0 Å². The number of fused-ring (bicyclic) bond motifs is 1. The number of carbonyl (C=O) groups is 1. The van der Waals surface area contributed by atoms with Crippen LogP contribution >= 0.6 is 0 Å². The molecule has 0 heterocycles. The Morgan fingerprint density at radius 1 is 1.17 bits per heavy atom. The maximum atomic E-state index is 12.3. The lowest BCUT2D eigenvalue weighted by atomic mass is 10.0. The van der Waals surface area contributed by atoms with Crippen LogP contribution in [-0.4, -0.2) is 24.4 Å². The lowest BCUT2D eigenvalue weighted by Crippen LogP contribution is -2.33. The molecule has 1 aromatic carbocycles. The quantitative estimate of drug-likeness (QED) is 0.796. The van der Waals surface area contributed by atoms with Gasteiger partial charge in [-0.05, 0) is 43.1 Å². The van der Waals surface area contributed by atoms with Crippen molar-refractivity contribution in [3.63, 3.8) is 0 Å². The minimum absolute atomic E-state index is 0.328. The van der Waals surface area contributed by atoms with Gasteiger partial charge in [-0.15, -0.1) is 0 Å². The van der Waals surface area contributed by atoms with E-state index >= 15 is 0 Å². The minimum Gasteiger partial charge on any atom is -0.345 e. The molecule has 2 saturated carbocycles. The lowest BCUT2D eigenvalue weighted by Gasteiger charge is -2.21. The number of hydrogen-bond acceptors (Lipinski definition) is 1. The van der Waals surface area contributed by atoms with Crippen LogP contribution in [0, 0.1) is 17.8 Å². The summed E-state index contributed by atoms with van der Waals surface area (Å²) in [4.78, 5) is 14.2. The molecule has 2 unspecified atom stereocenters. The van der Waals surface area contributed by atoms with Crippen LogP contribution in [0.15, 0.2) is 30.3 Å². The highest BCUT2D eigenvalue weighted by Gasteiger charge is 2.48. The van der Waals surface area contributed by atoms with Gasteiger partial charge in [-0.2, -0.15) is 0 Å². The maximum Gasteiger partial charge on any atom is 0.225 e. The highest BCUT2D eigenvalue weighted by atomic mass is 16.2. The van der Waals surface area contributed by atoms with Crippen LogP contribution in [0.3, 0.4) is 0 Å². The third-order valence-electron chi connectivity index (χ3n) is 4.55. The zero-order valence-electron chi connectivity index (χ0n) is 11.0. The molecule has 2 heteroatoms. The van der Waals surface area contributed by atoms with Crippen molar-refractivity contribution < 1.29 is 4.79 Å². The third kappa shape index (κ3) is 2.43. The summed E-state index contributed by atoms with van der Waals surface area (Å²) in [6.07, 6.45) is 4.65. The Bertz CT molecular complexity index is 418. The molecule has 0 bridgehead atoms. The Morgan fingerprint density at radius 3 is 2.50 bits per heavy atom. The summed E-state index contributed by atoms with van der Waals surface area (Å²) >= 11 is 0. The SMILES string of the molecule is CN(CCc1ccccc1)C(=O)C1CC2CC2C1. The molecule has 18 heavy (non-hydrogen) atoms. The Balaban J connectivity index is 1.49. The smallest absolute Gasteiger partial charge is 0.225 e. The molecule has 96 valence electrons. The summed E-state index contributed by atoms with van der Waals surface area (Å²) in [5.74, 6) is 2.48. The average Bonchev–Trinajstić information content (AvgIpc) is 3.03. The molecule has 1 amide bonds. The molecule has 2 fully saturated rings. The Hall–Kier alpha value is -1.31. The van der Waals surface area contributed by atoms with Crippen molar-refractivity contribution in [3.8, 4) is 0 Å². The Kier molecular flexibility index (Phi) is 3.11. The number of nitrogens with zero attached hydrogens (tertiary/aromatic N) is 1. The first-order valence-corrected chi connectivity index (χ1v) is 7.03. The molecule has 0 saturated heterocycles. The zero-order valence-corrected chi connectivity index (χ0v) is 11.0. The fourth-order valence-corrected chi connectivity index (χ4v) is 3.28. The number of amides is 1. The van der Waals surface area contributed by atoms with Gasteiger partial charge in [0.05, 0.1) is 0 Å². The van der Waals surface area contributed by atoms with Gasteiger partial charge in [-0.3, -0.25) is 4.79 Å². The van der Waals surface area contributed by atoms with Gasteiger partial charge in [-0.1, -0.05) is 30.3 Å². The summed E-state index contributed by atoms with van der Waals surface area (Å²) in [5, 5.41) is 0. The molecule has 0 N–H and O–H groups in total. The molecule has 0 aromatic heterocycles. The first-order valence-electron chi connectivity index (χ1n) is 7.03. The van der Waals surface area contributed by atoms with Crippen molar-refractivity contribution in [1.29, 1.82) is 0 Å². The van der Waals surface area contributed by atoms with Crippen molar-refractivity contribution in [1.82, 2.24) is 4.90 Å². The number of likely N-dealkylation sites (N-methyl/N-ethyl adjacent to an activating group) is 1. The number of benzene rings is 1. The Morgan fingerprint density at radius 2 is 1.83 bits per heavy atom. The second kappa shape index (κ2) is 4.75. The molecular formula is C16H21NO. The van der Waals surface area contributed by atoms with Crippen LogP contribution in [0.4, 0.5) is 0 Å². The van der Waals surface area contributed by atoms with Gasteiger partial charge >= 0.3 is 0 Å². The topological polar surface area (TPSA) is 20.3 Å². The Labute approximate surface area is 109 Å². The molecule has 2 atom stereocenters. The summed E-state index contributed by atoms with van der Waals surface area (Å²) in [6.45, 7) is 0.842. The van der Waals surface area contributed by atoms with E-state index in [0.717, 1.165) is 37.6 Å². The summed E-state index contributed by atoms with van der Waals surface area (Å²) in [7, 11) is 1.95. The van der Waals surface area contributed by atoms with Crippen LogP contribution in [0.1, 0.15) is 24.8 Å². The largest absolute Gasteiger partial charge is 0.345 e. The van der Waals surface area contributed by atoms with Crippen molar-refractivity contribution in [2.24, 2.45) is 17.8 Å². The molecule has 2 aliphatic rings. The van der Waals surface area contributed by atoms with Crippen molar-refractivity contribution in [2.45, 2.75) is 25.7 Å². The van der Waals surface area contributed by atoms with E-state index in [1.165, 1.54) is 12.0 Å². The fourth-order valence-electron chi connectivity index (χ4n) is 3.28. The molecule has 1 aromatic rings. The van der Waals surface area contributed by atoms with Crippen LogP contribution in [0.25, 0.3) is 0 Å². The molecule has 0 aliphatic heterocycles. The van der Waals surface area contributed by atoms with Crippen molar-refractivity contribution >= 4 is 5.91 Å². The molecule has 0 spiro atoms. The summed E-state index contributed by atoms with van der Waals surface area (Å²) in [5.41, 5.74) is 1.31. The zero-order chi connectivity index (χ0) is 12.5. The number of hydrogen-bond donors (Lipinski definition) is 0. The predicted molar refractivity (Wildman–Crippen MR) is 72.1 cm³/mol. The normalized spacial score (nSPS) is 28.8.